The van der Waals surface area contributed by atoms with Crippen LogP contribution >= 0.6 is 0 Å². The molecular formula is C18H27N3O. The summed E-state index contributed by atoms with van der Waals surface area (Å²) in [6.45, 7) is 3.81. The Hall–Kier alpha value is -1.39. The molecule has 1 aromatic carbocycles. The first-order valence-electron chi connectivity index (χ1n) is 8.57. The molecule has 0 aromatic heterocycles. The summed E-state index contributed by atoms with van der Waals surface area (Å²) in [6.07, 6.45) is 6.06. The molecule has 0 spiro atoms. The van der Waals surface area contributed by atoms with Gasteiger partial charge in [-0.3, -0.25) is 4.79 Å². The van der Waals surface area contributed by atoms with Crippen LogP contribution in [0.15, 0.2) is 24.3 Å². The molecule has 22 heavy (non-hydrogen) atoms. The molecule has 3 aliphatic rings. The number of benzene rings is 1. The second-order valence-electron chi connectivity index (χ2n) is 6.67. The number of piperidine rings is 3. The summed E-state index contributed by atoms with van der Waals surface area (Å²) in [4.78, 5) is 14.6. The van der Waals surface area contributed by atoms with Gasteiger partial charge >= 0.3 is 0 Å². The van der Waals surface area contributed by atoms with Gasteiger partial charge in [0.15, 0.2) is 0 Å². The molecule has 120 valence electrons. The number of carbonyl (C=O) groups excluding carboxylic acids is 1. The zero-order chi connectivity index (χ0) is 15.4. The van der Waals surface area contributed by atoms with E-state index in [1.165, 1.54) is 37.9 Å². The third kappa shape index (κ3) is 3.68. The molecular weight excluding hydrogens is 274 g/mol. The van der Waals surface area contributed by atoms with E-state index < -0.39 is 0 Å². The zero-order valence-corrected chi connectivity index (χ0v) is 13.3. The van der Waals surface area contributed by atoms with E-state index in [2.05, 4.69) is 22.3 Å². The third-order valence-corrected chi connectivity index (χ3v) is 5.12. The van der Waals surface area contributed by atoms with Crippen LogP contribution in [0.25, 0.3) is 0 Å². The first-order valence-corrected chi connectivity index (χ1v) is 8.57. The molecule has 4 heteroatoms. The predicted molar refractivity (Wildman–Crippen MR) is 88.9 cm³/mol. The second kappa shape index (κ2) is 7.25. The molecule has 0 saturated carbocycles. The highest BCUT2D eigenvalue weighted by Crippen LogP contribution is 2.33. The van der Waals surface area contributed by atoms with Crippen molar-refractivity contribution in [2.24, 2.45) is 11.7 Å². The van der Waals surface area contributed by atoms with Crippen molar-refractivity contribution in [3.05, 3.63) is 35.4 Å². The fourth-order valence-electron chi connectivity index (χ4n) is 3.77. The monoisotopic (exact) mass is 301 g/mol. The van der Waals surface area contributed by atoms with Crippen molar-refractivity contribution < 1.29 is 4.79 Å². The van der Waals surface area contributed by atoms with Gasteiger partial charge in [-0.05, 0) is 75.4 Å². The Labute approximate surface area is 133 Å². The quantitative estimate of drug-likeness (QED) is 0.788. The van der Waals surface area contributed by atoms with Crippen LogP contribution < -0.4 is 11.1 Å². The minimum Gasteiger partial charge on any atom is -0.352 e. The lowest BCUT2D eigenvalue weighted by Gasteiger charge is -2.45. The van der Waals surface area contributed by atoms with Gasteiger partial charge in [-0.2, -0.15) is 0 Å². The van der Waals surface area contributed by atoms with Crippen LogP contribution in [0, 0.1) is 5.92 Å². The number of nitrogens with two attached hydrogens (primary N) is 1. The van der Waals surface area contributed by atoms with Gasteiger partial charge in [0, 0.05) is 18.2 Å². The van der Waals surface area contributed by atoms with Crippen molar-refractivity contribution >= 4 is 5.91 Å². The highest BCUT2D eigenvalue weighted by molar-refractivity contribution is 5.94. The predicted octanol–water partition coefficient (Wildman–Crippen LogP) is 1.79. The number of carbonyl (C=O) groups is 1. The molecule has 0 radical (unpaired) electrons. The third-order valence-electron chi connectivity index (χ3n) is 5.12. The Morgan fingerprint density at radius 2 is 1.95 bits per heavy atom. The Balaban J connectivity index is 1.54. The molecule has 1 unspecified atom stereocenters. The first kappa shape index (κ1) is 15.5. The molecule has 3 saturated heterocycles. The van der Waals surface area contributed by atoms with E-state index in [0.29, 0.717) is 19.1 Å². The van der Waals surface area contributed by atoms with Crippen molar-refractivity contribution in [1.29, 1.82) is 0 Å². The Kier molecular flexibility index (Phi) is 5.11. The fraction of sp³-hybridized carbons (Fsp3) is 0.611. The minimum absolute atomic E-state index is 0.000438. The van der Waals surface area contributed by atoms with Gasteiger partial charge < -0.3 is 16.0 Å². The van der Waals surface area contributed by atoms with Gasteiger partial charge in [0.05, 0.1) is 0 Å². The fourth-order valence-corrected chi connectivity index (χ4v) is 3.77. The molecule has 3 N–H and O–H groups in total. The zero-order valence-electron chi connectivity index (χ0n) is 13.3. The molecule has 1 amide bonds. The van der Waals surface area contributed by atoms with Crippen molar-refractivity contribution in [2.75, 3.05) is 26.2 Å². The SMILES string of the molecule is NCCCNC(=O)c1ccc(CC2CC3CCN2CC3)cc1. The average molecular weight is 301 g/mol. The molecule has 1 aromatic rings. The van der Waals surface area contributed by atoms with E-state index >= 15 is 0 Å². The maximum absolute atomic E-state index is 12.0. The summed E-state index contributed by atoms with van der Waals surface area (Å²) in [6, 6.07) is 8.83. The average Bonchev–Trinajstić information content (AvgIpc) is 2.57. The van der Waals surface area contributed by atoms with Gasteiger partial charge in [0.25, 0.3) is 5.91 Å². The lowest BCUT2D eigenvalue weighted by atomic mass is 9.81. The van der Waals surface area contributed by atoms with Gasteiger partial charge in [-0.15, -0.1) is 0 Å². The molecule has 3 fully saturated rings. The lowest BCUT2D eigenvalue weighted by molar-refractivity contribution is 0.0498. The summed E-state index contributed by atoms with van der Waals surface area (Å²) in [5.41, 5.74) is 7.52. The van der Waals surface area contributed by atoms with E-state index in [4.69, 9.17) is 5.73 Å². The number of nitrogens with one attached hydrogen (secondary N) is 1. The minimum atomic E-state index is 0.000438. The number of rotatable bonds is 6. The maximum Gasteiger partial charge on any atom is 0.251 e. The van der Waals surface area contributed by atoms with E-state index in [0.717, 1.165) is 24.3 Å². The number of fused-ring (bicyclic) bond motifs is 3. The smallest absolute Gasteiger partial charge is 0.251 e. The molecule has 3 aliphatic heterocycles. The van der Waals surface area contributed by atoms with Gasteiger partial charge in [-0.25, -0.2) is 0 Å². The van der Waals surface area contributed by atoms with Crippen molar-refractivity contribution in [3.8, 4) is 0 Å². The van der Waals surface area contributed by atoms with Crippen molar-refractivity contribution in [2.45, 2.75) is 38.1 Å². The van der Waals surface area contributed by atoms with Crippen LogP contribution in [-0.4, -0.2) is 43.0 Å². The summed E-state index contributed by atoms with van der Waals surface area (Å²) >= 11 is 0. The highest BCUT2D eigenvalue weighted by atomic mass is 16.1. The van der Waals surface area contributed by atoms with E-state index in [1.54, 1.807) is 0 Å². The lowest BCUT2D eigenvalue weighted by Crippen LogP contribution is -2.49. The van der Waals surface area contributed by atoms with Crippen LogP contribution in [0.1, 0.15) is 41.6 Å². The molecule has 2 bridgehead atoms. The summed E-state index contributed by atoms with van der Waals surface area (Å²) < 4.78 is 0. The van der Waals surface area contributed by atoms with Crippen molar-refractivity contribution in [3.63, 3.8) is 0 Å². The number of amides is 1. The second-order valence-corrected chi connectivity index (χ2v) is 6.67. The maximum atomic E-state index is 12.0. The topological polar surface area (TPSA) is 58.4 Å². The van der Waals surface area contributed by atoms with E-state index in [-0.39, 0.29) is 5.91 Å². The Morgan fingerprint density at radius 1 is 1.23 bits per heavy atom. The van der Waals surface area contributed by atoms with Crippen LogP contribution in [-0.2, 0) is 6.42 Å². The summed E-state index contributed by atoms with van der Waals surface area (Å²) in [5.74, 6) is 0.947. The standard InChI is InChI=1S/C18H27N3O/c19-8-1-9-20-18(22)16-4-2-14(3-5-16)12-17-13-15-6-10-21(17)11-7-15/h2-5,15,17H,1,6-13,19H2,(H,20,22). The van der Waals surface area contributed by atoms with Gasteiger partial charge in [-0.1, -0.05) is 12.1 Å². The van der Waals surface area contributed by atoms with E-state index in [1.807, 2.05) is 12.1 Å². The Morgan fingerprint density at radius 3 is 2.55 bits per heavy atom. The van der Waals surface area contributed by atoms with Gasteiger partial charge in [0.2, 0.25) is 0 Å². The summed E-state index contributed by atoms with van der Waals surface area (Å²) in [7, 11) is 0. The molecule has 4 nitrogen and oxygen atoms in total. The van der Waals surface area contributed by atoms with Gasteiger partial charge in [0.1, 0.15) is 0 Å². The largest absolute Gasteiger partial charge is 0.352 e. The molecule has 4 rings (SSSR count). The van der Waals surface area contributed by atoms with Crippen molar-refractivity contribution in [1.82, 2.24) is 10.2 Å². The van der Waals surface area contributed by atoms with Crippen LogP contribution in [0.2, 0.25) is 0 Å². The normalized spacial score (nSPS) is 26.9. The number of hydrogen-bond acceptors (Lipinski definition) is 3. The molecule has 1 atom stereocenters. The van der Waals surface area contributed by atoms with Crippen LogP contribution in [0.5, 0.6) is 0 Å². The van der Waals surface area contributed by atoms with Crippen LogP contribution in [0.4, 0.5) is 0 Å². The highest BCUT2D eigenvalue weighted by Gasteiger charge is 2.33. The molecule has 3 heterocycles. The first-order chi connectivity index (χ1) is 10.8. The number of nitrogens with zero attached hydrogens (tertiary/aromatic N) is 1. The number of hydrogen-bond donors (Lipinski definition) is 2. The molecule has 0 aliphatic carbocycles. The van der Waals surface area contributed by atoms with E-state index in [9.17, 15) is 4.79 Å². The summed E-state index contributed by atoms with van der Waals surface area (Å²) in [5, 5.41) is 2.90. The Bertz CT molecular complexity index is 492. The van der Waals surface area contributed by atoms with Crippen LogP contribution in [0.3, 0.4) is 0 Å².